The number of fused-ring (bicyclic) bond motifs is 3. The number of sulfone groups is 2. The first-order valence-electron chi connectivity index (χ1n) is 38.1. The van der Waals surface area contributed by atoms with Crippen LogP contribution in [0.15, 0.2) is 256 Å². The Balaban J connectivity index is 0.000000239. The van der Waals surface area contributed by atoms with E-state index < -0.39 is 75.9 Å². The summed E-state index contributed by atoms with van der Waals surface area (Å²) in [6.45, 7) is 36.7. The number of aliphatic hydroxyl groups excluding tert-OH is 3. The minimum absolute atomic E-state index is 0. The maximum absolute atomic E-state index is 13.5. The van der Waals surface area contributed by atoms with Crippen LogP contribution < -0.4 is 40.6 Å². The molecule has 134 heavy (non-hydrogen) atoms. The standard InChI is InChI=1S/C18H12ClFN6O.C15H13ClFNO3S.C15H11ClFNO2S.C10H9N5O.C8H4N4O.C7H4ClFO.2C7H8O2S.C2H7NO.Na/c1-21-16-9-22-15-5-4-14(24-26(15)16)18-17(23-10-25(18)6-7-27)11-2-3-13(20)12(19)8-11;1-10-2-5-12(6-3-10)22(20,21)15(18-9-19)11-4-7-14(17)13(16)8-11;1-10-3-6-12(7-4-10)21(19,20)15(18-2)11-5-8-14(17)13(16)9-11;1-11-10-7-13-9-3-2-8(14-15(9)10)6-12-4-5-16;1-9-8-4-10-7-3-2-6(5-13)11-12(7)8;8-6-3-5(4-10)1-2-7(6)9;2*1-6-2-4-7(5-3-6)10(8)9;3-1-2-4;/h2-5,8-10,27H,6-7H2;2-9,15H,1H3,(H,18,19);3-9,15H,1H3;2-3,6-7,16H,4-5H2;2-5H;1-4H;2*2-5H,1H3,(H,8,9);4H,1-3H2;/q;;;;;;;;;+1/p-1. The average Bonchev–Trinajstić information content (AvgIpc) is 1.55. The van der Waals surface area contributed by atoms with Gasteiger partial charge >= 0.3 is 34.9 Å². The summed E-state index contributed by atoms with van der Waals surface area (Å²) >= 11 is 18.7. The number of amides is 1. The first-order chi connectivity index (χ1) is 63.6. The number of aromatic nitrogens is 11. The van der Waals surface area contributed by atoms with Gasteiger partial charge < -0.3 is 54.6 Å². The van der Waals surface area contributed by atoms with Crippen LogP contribution in [0.3, 0.4) is 0 Å². The van der Waals surface area contributed by atoms with Crippen molar-refractivity contribution in [3.63, 3.8) is 0 Å². The van der Waals surface area contributed by atoms with Gasteiger partial charge in [0.05, 0.1) is 109 Å². The van der Waals surface area contributed by atoms with Gasteiger partial charge in [0.1, 0.15) is 46.6 Å². The van der Waals surface area contributed by atoms with Crippen molar-refractivity contribution >= 4 is 148 Å². The first kappa shape index (κ1) is 110. The molecule has 0 aliphatic carbocycles. The predicted molar refractivity (Wildman–Crippen MR) is 494 cm³/mol. The Kier molecular flexibility index (Phi) is 44.5. The van der Waals surface area contributed by atoms with Gasteiger partial charge in [-0.05, 0) is 178 Å². The molecule has 0 bridgehead atoms. The van der Waals surface area contributed by atoms with Crippen molar-refractivity contribution < 1.29 is 111 Å². The van der Waals surface area contributed by atoms with E-state index in [1.165, 1.54) is 105 Å². The van der Waals surface area contributed by atoms with E-state index in [0.717, 1.165) is 40.5 Å². The number of nitrogens with two attached hydrogens (primary N) is 1. The summed E-state index contributed by atoms with van der Waals surface area (Å²) < 4.78 is 148. The molecule has 32 nitrogen and oxygen atoms in total. The van der Waals surface area contributed by atoms with Gasteiger partial charge in [-0.2, -0.15) is 0 Å². The van der Waals surface area contributed by atoms with Gasteiger partial charge in [0.2, 0.25) is 33.2 Å². The van der Waals surface area contributed by atoms with Crippen molar-refractivity contribution in [3.8, 4) is 22.6 Å². The van der Waals surface area contributed by atoms with E-state index in [2.05, 4.69) is 64.9 Å². The normalized spacial score (nSPS) is 11.4. The summed E-state index contributed by atoms with van der Waals surface area (Å²) in [5, 5.41) is 37.3. The molecule has 0 spiro atoms. The second kappa shape index (κ2) is 54.3. The zero-order chi connectivity index (χ0) is 97.7. The smallest absolute Gasteiger partial charge is 0.768 e. The molecule has 0 aliphatic rings. The Morgan fingerprint density at radius 3 is 1.37 bits per heavy atom. The van der Waals surface area contributed by atoms with Gasteiger partial charge in [-0.25, -0.2) is 65.1 Å². The number of imidazole rings is 4. The second-order valence-corrected chi connectivity index (χ2v) is 34.3. The fourth-order valence-corrected chi connectivity index (χ4v) is 15.2. The molecule has 0 saturated carbocycles. The van der Waals surface area contributed by atoms with Crippen LogP contribution in [0, 0.1) is 77.3 Å². The van der Waals surface area contributed by atoms with Crippen LogP contribution in [0.5, 0.6) is 0 Å². The number of carbonyl (C=O) groups is 3. The molecule has 1 amide bonds. The molecule has 0 saturated heterocycles. The van der Waals surface area contributed by atoms with Crippen molar-refractivity contribution in [1.29, 1.82) is 0 Å². The van der Waals surface area contributed by atoms with Crippen LogP contribution in [0.2, 0.25) is 20.1 Å². The predicted octanol–water partition coefficient (Wildman–Crippen LogP) is 13.6. The van der Waals surface area contributed by atoms with Crippen LogP contribution >= 0.6 is 46.4 Å². The summed E-state index contributed by atoms with van der Waals surface area (Å²) in [6.07, 6.45) is 9.02. The topological polar surface area (TPSA) is 434 Å². The van der Waals surface area contributed by atoms with E-state index >= 15 is 0 Å². The number of aliphatic imine (C=N–C) groups is 1. The van der Waals surface area contributed by atoms with Crippen molar-refractivity contribution in [2.45, 2.75) is 64.6 Å². The Morgan fingerprint density at radius 2 is 0.948 bits per heavy atom. The number of nitrogens with one attached hydrogen (secondary N) is 1. The minimum atomic E-state index is -3.89. The Bertz CT molecular complexity index is 7020. The van der Waals surface area contributed by atoms with Gasteiger partial charge in [0, 0.05) is 47.3 Å². The number of carbonyl (C=O) groups excluding carboxylic acids is 3. The third-order valence-electron chi connectivity index (χ3n) is 17.4. The summed E-state index contributed by atoms with van der Waals surface area (Å²) in [7, 11) is -7.77. The zero-order valence-corrected chi connectivity index (χ0v) is 79.2. The number of halogens is 8. The molecule has 7 heterocycles. The fourth-order valence-electron chi connectivity index (χ4n) is 10.8. The third-order valence-corrected chi connectivity index (χ3v) is 23.7. The van der Waals surface area contributed by atoms with Gasteiger partial charge in [-0.15, -0.1) is 13.5 Å². The second-order valence-electron chi connectivity index (χ2n) is 26.7. The van der Waals surface area contributed by atoms with Crippen LogP contribution in [-0.4, -0.2) is 161 Å². The largest absolute Gasteiger partial charge is 1.00 e. The molecule has 15 aromatic rings. The first-order valence-corrected chi connectivity index (χ1v) is 44.8. The third kappa shape index (κ3) is 31.4. The number of aldehydes is 2. The number of rotatable bonds is 20. The maximum atomic E-state index is 13.5. The van der Waals surface area contributed by atoms with Crippen LogP contribution in [0.4, 0.5) is 35.0 Å². The Hall–Kier alpha value is -12.9. The Labute approximate surface area is 812 Å². The minimum Gasteiger partial charge on any atom is -0.768 e. The fraction of sp³-hybridized carbons (Fsp3) is 0.135. The van der Waals surface area contributed by atoms with Crippen molar-refractivity contribution in [1.82, 2.24) is 58.7 Å². The van der Waals surface area contributed by atoms with E-state index in [-0.39, 0.29) is 108 Å². The maximum Gasteiger partial charge on any atom is 1.00 e. The number of hydrogen-bond acceptors (Lipinski definition) is 22. The van der Waals surface area contributed by atoms with E-state index in [1.807, 2.05) is 39.8 Å². The molecule has 0 radical (unpaired) electrons. The number of benzene rings is 8. The number of nitrogens with zero attached hydrogens (tertiary/aromatic N) is 16. The van der Waals surface area contributed by atoms with E-state index in [0.29, 0.717) is 104 Å². The molecule has 7 aromatic heterocycles. The molecule has 0 aliphatic heterocycles. The quantitative estimate of drug-likeness (QED) is 0.0103. The summed E-state index contributed by atoms with van der Waals surface area (Å²) in [6, 6.07) is 51.4. The monoisotopic (exact) mass is 1990 g/mol. The molecule has 45 heteroatoms. The van der Waals surface area contributed by atoms with Crippen molar-refractivity contribution in [2.75, 3.05) is 32.9 Å². The number of aliphatic hydroxyl groups is 3. The average molecular weight is 1990 g/mol. The SMILES string of the molecule is Cc1ccc(S(=O)(=O)C(NC=O)c2ccc(F)c(Cl)c2)cc1.Cc1ccc(S(=O)O)cc1.Cc1ccc(S(=O)[O-])cc1.NCCO.O=Cc1ccc(F)c(Cl)c1.[C-]#[N+]C(c1ccc(F)c(Cl)c1)S(=O)(=O)c1ccc(C)cc1.[C-]#[N+]c1cnc2ccc(-c3c(-c4ccc(F)c(Cl)c4)ncn3CCO)nn12.[C-]#[N+]c1cnc2ccc(C=NCCO)nn12.[C-]#[N+]c1cnc2ccc(C=O)nn12.[Na+]. The molecule has 686 valence electrons. The zero-order valence-electron chi connectivity index (χ0n) is 70.9. The molecular weight excluding hydrogens is 1910 g/mol. The van der Waals surface area contributed by atoms with Gasteiger partial charge in [-0.1, -0.05) is 158 Å². The van der Waals surface area contributed by atoms with Crippen LogP contribution in [0.25, 0.3) is 59.0 Å². The molecular formula is C89H75Cl4F4N18NaO14S4. The van der Waals surface area contributed by atoms with Crippen LogP contribution in [0.1, 0.15) is 70.7 Å². The molecule has 15 rings (SSSR count). The molecule has 7 N–H and O–H groups in total. The summed E-state index contributed by atoms with van der Waals surface area (Å²) in [4.78, 5) is 65.7. The van der Waals surface area contributed by atoms with Gasteiger partial charge in [0.25, 0.3) is 27.3 Å². The summed E-state index contributed by atoms with van der Waals surface area (Å²) in [5.74, 6) is -1.39. The van der Waals surface area contributed by atoms with Gasteiger partial charge in [0.15, 0.2) is 22.7 Å². The van der Waals surface area contributed by atoms with E-state index in [4.69, 9.17) is 93.2 Å². The van der Waals surface area contributed by atoms with Gasteiger partial charge in [-0.3, -0.25) is 28.4 Å². The molecule has 4 unspecified atom stereocenters. The van der Waals surface area contributed by atoms with Crippen LogP contribution in [-0.2, 0) is 53.2 Å². The van der Waals surface area contributed by atoms with Crippen molar-refractivity contribution in [2.24, 2.45) is 10.7 Å². The van der Waals surface area contributed by atoms with E-state index in [1.54, 1.807) is 120 Å². The molecule has 4 atom stereocenters. The molecule has 8 aromatic carbocycles. The number of aryl methyl sites for hydroxylation is 4. The summed E-state index contributed by atoms with van der Waals surface area (Å²) in [5.41, 5.74) is 14.4. The Morgan fingerprint density at radius 1 is 0.522 bits per heavy atom. The molecule has 0 fully saturated rings. The van der Waals surface area contributed by atoms with E-state index in [9.17, 15) is 66.9 Å². The number of hydrogen-bond donors (Lipinski definition) is 6. The van der Waals surface area contributed by atoms with Crippen molar-refractivity contribution in [3.05, 3.63) is 371 Å².